The van der Waals surface area contributed by atoms with Gasteiger partial charge in [0.25, 0.3) is 0 Å². The fourth-order valence-electron chi connectivity index (χ4n) is 1.82. The van der Waals surface area contributed by atoms with Crippen molar-refractivity contribution in [2.75, 3.05) is 5.73 Å². The summed E-state index contributed by atoms with van der Waals surface area (Å²) in [5, 5.41) is 4.10. The molecule has 1 heterocycles. The molecule has 2 N–H and O–H groups in total. The van der Waals surface area contributed by atoms with Crippen LogP contribution in [0.2, 0.25) is 0 Å². The number of carbonyl (C=O) groups is 1. The largest absolute Gasteiger partial charge is 0.398 e. The Morgan fingerprint density at radius 2 is 2.18 bits per heavy atom. The van der Waals surface area contributed by atoms with E-state index >= 15 is 0 Å². The number of carbonyl (C=O) groups excluding carboxylic acids is 1. The molecule has 0 atom stereocenters. The predicted molar refractivity (Wildman–Crippen MR) is 66.9 cm³/mol. The van der Waals surface area contributed by atoms with Gasteiger partial charge in [-0.05, 0) is 31.5 Å². The second-order valence-corrected chi connectivity index (χ2v) is 3.88. The first-order chi connectivity index (χ1) is 8.15. The molecule has 4 heteroatoms. The average molecular weight is 229 g/mol. The Kier molecular flexibility index (Phi) is 2.95. The molecule has 0 bridgehead atoms. The van der Waals surface area contributed by atoms with Gasteiger partial charge in [0.1, 0.15) is 5.69 Å². The fourth-order valence-corrected chi connectivity index (χ4v) is 1.82. The number of hydrogen-bond acceptors (Lipinski definition) is 3. The van der Waals surface area contributed by atoms with Crippen molar-refractivity contribution in [1.29, 1.82) is 0 Å². The number of hydrogen-bond donors (Lipinski definition) is 1. The summed E-state index contributed by atoms with van der Waals surface area (Å²) >= 11 is 0. The summed E-state index contributed by atoms with van der Waals surface area (Å²) in [7, 11) is 0. The predicted octanol–water partition coefficient (Wildman–Crippen LogP) is 2.02. The van der Waals surface area contributed by atoms with Crippen molar-refractivity contribution in [2.24, 2.45) is 0 Å². The van der Waals surface area contributed by atoms with E-state index in [1.165, 1.54) is 0 Å². The molecule has 0 aliphatic rings. The molecular formula is C13H15N3O. The Hall–Kier alpha value is -2.10. The smallest absolute Gasteiger partial charge is 0.211 e. The molecule has 0 aliphatic carbocycles. The summed E-state index contributed by atoms with van der Waals surface area (Å²) in [5.41, 5.74) is 8.50. The van der Waals surface area contributed by atoms with E-state index in [9.17, 15) is 4.79 Å². The van der Waals surface area contributed by atoms with Crippen LogP contribution in [-0.2, 0) is 6.54 Å². The lowest BCUT2D eigenvalue weighted by atomic mass is 10.0. The number of rotatable bonds is 3. The van der Waals surface area contributed by atoms with Gasteiger partial charge in [-0.15, -0.1) is 0 Å². The van der Waals surface area contributed by atoms with Crippen molar-refractivity contribution < 1.29 is 4.79 Å². The molecule has 0 amide bonds. The fraction of sp³-hybridized carbons (Fsp3) is 0.231. The Labute approximate surface area is 100 Å². The Morgan fingerprint density at radius 3 is 2.88 bits per heavy atom. The monoisotopic (exact) mass is 229 g/mol. The molecule has 0 fully saturated rings. The van der Waals surface area contributed by atoms with E-state index in [1.54, 1.807) is 35.1 Å². The Bertz CT molecular complexity index is 558. The second-order valence-electron chi connectivity index (χ2n) is 3.88. The highest BCUT2D eigenvalue weighted by atomic mass is 16.1. The van der Waals surface area contributed by atoms with Gasteiger partial charge in [-0.3, -0.25) is 9.48 Å². The minimum Gasteiger partial charge on any atom is -0.398 e. The van der Waals surface area contributed by atoms with Crippen LogP contribution in [-0.4, -0.2) is 15.6 Å². The van der Waals surface area contributed by atoms with Crippen LogP contribution in [0.4, 0.5) is 5.69 Å². The highest BCUT2D eigenvalue weighted by Crippen LogP contribution is 2.19. The highest BCUT2D eigenvalue weighted by molar-refractivity contribution is 6.09. The summed E-state index contributed by atoms with van der Waals surface area (Å²) in [4.78, 5) is 12.3. The number of nitrogen functional groups attached to an aromatic ring is 1. The topological polar surface area (TPSA) is 60.9 Å². The van der Waals surface area contributed by atoms with Crippen LogP contribution in [0.1, 0.15) is 28.5 Å². The minimum absolute atomic E-state index is 0.0332. The van der Waals surface area contributed by atoms with E-state index in [0.29, 0.717) is 23.5 Å². The first kappa shape index (κ1) is 11.4. The Morgan fingerprint density at radius 1 is 1.41 bits per heavy atom. The maximum Gasteiger partial charge on any atom is 0.211 e. The van der Waals surface area contributed by atoms with Crippen LogP contribution in [0.25, 0.3) is 0 Å². The van der Waals surface area contributed by atoms with Crippen LogP contribution in [0.15, 0.2) is 30.5 Å². The minimum atomic E-state index is -0.0332. The number of anilines is 1. The zero-order valence-electron chi connectivity index (χ0n) is 9.97. The number of nitrogens with two attached hydrogens (primary N) is 1. The summed E-state index contributed by atoms with van der Waals surface area (Å²) < 4.78 is 1.69. The summed E-state index contributed by atoms with van der Waals surface area (Å²) in [6, 6.07) is 7.11. The molecule has 0 radical (unpaired) electrons. The Balaban J connectivity index is 2.48. The van der Waals surface area contributed by atoms with Gasteiger partial charge in [0.05, 0.1) is 0 Å². The van der Waals surface area contributed by atoms with Crippen molar-refractivity contribution in [3.8, 4) is 0 Å². The number of aryl methyl sites for hydroxylation is 1. The molecule has 88 valence electrons. The van der Waals surface area contributed by atoms with Gasteiger partial charge in [-0.25, -0.2) is 0 Å². The van der Waals surface area contributed by atoms with Gasteiger partial charge in [0, 0.05) is 24.0 Å². The molecule has 0 aliphatic heterocycles. The number of aromatic nitrogens is 2. The third-order valence-corrected chi connectivity index (χ3v) is 2.87. The van der Waals surface area contributed by atoms with E-state index in [-0.39, 0.29) is 5.78 Å². The molecule has 2 rings (SSSR count). The first-order valence-electron chi connectivity index (χ1n) is 5.56. The number of nitrogens with zero attached hydrogens (tertiary/aromatic N) is 2. The van der Waals surface area contributed by atoms with Crippen LogP contribution < -0.4 is 5.73 Å². The second kappa shape index (κ2) is 4.41. The normalized spacial score (nSPS) is 10.5. The molecule has 1 aromatic carbocycles. The molecule has 17 heavy (non-hydrogen) atoms. The lowest BCUT2D eigenvalue weighted by molar-refractivity contribution is 0.102. The van der Waals surface area contributed by atoms with E-state index in [0.717, 1.165) is 5.56 Å². The van der Waals surface area contributed by atoms with Crippen molar-refractivity contribution in [3.05, 3.63) is 47.3 Å². The van der Waals surface area contributed by atoms with Crippen LogP contribution in [0.3, 0.4) is 0 Å². The molecular weight excluding hydrogens is 214 g/mol. The zero-order valence-corrected chi connectivity index (χ0v) is 9.97. The SMILES string of the molecule is CCn1nccc1C(=O)c1cccc(N)c1C. The molecule has 0 saturated carbocycles. The van der Waals surface area contributed by atoms with Crippen molar-refractivity contribution in [3.63, 3.8) is 0 Å². The van der Waals surface area contributed by atoms with E-state index < -0.39 is 0 Å². The number of benzene rings is 1. The van der Waals surface area contributed by atoms with Gasteiger partial charge >= 0.3 is 0 Å². The lowest BCUT2D eigenvalue weighted by Gasteiger charge is -2.08. The van der Waals surface area contributed by atoms with Crippen LogP contribution in [0.5, 0.6) is 0 Å². The van der Waals surface area contributed by atoms with Gasteiger partial charge in [0.15, 0.2) is 0 Å². The standard InChI is InChI=1S/C13H15N3O/c1-3-16-12(7-8-15-16)13(17)10-5-4-6-11(14)9(10)2/h4-8H,3,14H2,1-2H3. The summed E-state index contributed by atoms with van der Waals surface area (Å²) in [6.45, 7) is 4.49. The van der Waals surface area contributed by atoms with Crippen molar-refractivity contribution in [1.82, 2.24) is 9.78 Å². The molecule has 0 unspecified atom stereocenters. The molecule has 2 aromatic rings. The van der Waals surface area contributed by atoms with E-state index in [2.05, 4.69) is 5.10 Å². The molecule has 0 saturated heterocycles. The summed E-state index contributed by atoms with van der Waals surface area (Å²) in [6.07, 6.45) is 1.64. The maximum atomic E-state index is 12.3. The number of ketones is 1. The third kappa shape index (κ3) is 1.93. The third-order valence-electron chi connectivity index (χ3n) is 2.87. The van der Waals surface area contributed by atoms with Gasteiger partial charge < -0.3 is 5.73 Å². The lowest BCUT2D eigenvalue weighted by Crippen LogP contribution is -2.12. The molecule has 1 aromatic heterocycles. The van der Waals surface area contributed by atoms with Crippen LogP contribution >= 0.6 is 0 Å². The van der Waals surface area contributed by atoms with E-state index in [4.69, 9.17) is 5.73 Å². The van der Waals surface area contributed by atoms with Gasteiger partial charge in [-0.2, -0.15) is 5.10 Å². The van der Waals surface area contributed by atoms with Gasteiger partial charge in [0.2, 0.25) is 5.78 Å². The maximum absolute atomic E-state index is 12.3. The van der Waals surface area contributed by atoms with Crippen molar-refractivity contribution in [2.45, 2.75) is 20.4 Å². The zero-order chi connectivity index (χ0) is 12.4. The highest BCUT2D eigenvalue weighted by Gasteiger charge is 2.16. The van der Waals surface area contributed by atoms with Gasteiger partial charge in [-0.1, -0.05) is 12.1 Å². The average Bonchev–Trinajstić information content (AvgIpc) is 2.80. The quantitative estimate of drug-likeness (QED) is 0.647. The van der Waals surface area contributed by atoms with Crippen molar-refractivity contribution >= 4 is 11.5 Å². The first-order valence-corrected chi connectivity index (χ1v) is 5.56. The van der Waals surface area contributed by atoms with Crippen LogP contribution in [0, 0.1) is 6.92 Å². The summed E-state index contributed by atoms with van der Waals surface area (Å²) in [5.74, 6) is -0.0332. The van der Waals surface area contributed by atoms with E-state index in [1.807, 2.05) is 13.8 Å². The molecule has 4 nitrogen and oxygen atoms in total. The molecule has 0 spiro atoms.